The fourth-order valence-corrected chi connectivity index (χ4v) is 6.08. The maximum Gasteiger partial charge on any atom is 0.241 e. The summed E-state index contributed by atoms with van der Waals surface area (Å²) < 4.78 is 52.0. The molecular formula is C15H22BrNO4S2. The Morgan fingerprint density at radius 3 is 2.43 bits per heavy atom. The van der Waals surface area contributed by atoms with Gasteiger partial charge >= 0.3 is 0 Å². The normalized spacial score (nSPS) is 22.9. The van der Waals surface area contributed by atoms with E-state index in [1.54, 1.807) is 0 Å². The van der Waals surface area contributed by atoms with Crippen LogP contribution in [0.3, 0.4) is 0 Å². The molecule has 0 amide bonds. The largest absolute Gasteiger partial charge is 0.241 e. The smallest absolute Gasteiger partial charge is 0.224 e. The molecule has 0 spiro atoms. The maximum atomic E-state index is 12.7. The fraction of sp³-hybridized carbons (Fsp3) is 0.600. The van der Waals surface area contributed by atoms with Gasteiger partial charge < -0.3 is 0 Å². The highest BCUT2D eigenvalue weighted by atomic mass is 79.9. The summed E-state index contributed by atoms with van der Waals surface area (Å²) in [6.45, 7) is 2.07. The van der Waals surface area contributed by atoms with Crippen LogP contribution in [0.1, 0.15) is 39.0 Å². The van der Waals surface area contributed by atoms with Crippen molar-refractivity contribution >= 4 is 35.8 Å². The highest BCUT2D eigenvalue weighted by molar-refractivity contribution is 9.10. The molecule has 2 atom stereocenters. The number of hydrogen-bond donors (Lipinski definition) is 1. The van der Waals surface area contributed by atoms with Crippen molar-refractivity contribution in [3.63, 3.8) is 0 Å². The Kier molecular flexibility index (Phi) is 5.92. The minimum absolute atomic E-state index is 0.00300. The van der Waals surface area contributed by atoms with Gasteiger partial charge in [0.1, 0.15) is 0 Å². The van der Waals surface area contributed by atoms with E-state index in [1.807, 2.05) is 0 Å². The van der Waals surface area contributed by atoms with E-state index in [-0.39, 0.29) is 15.8 Å². The first-order valence-corrected chi connectivity index (χ1v) is 11.8. The summed E-state index contributed by atoms with van der Waals surface area (Å²) in [6, 6.07) is 3.98. The predicted molar refractivity (Wildman–Crippen MR) is 93.6 cm³/mol. The molecule has 2 unspecified atom stereocenters. The van der Waals surface area contributed by atoms with Crippen molar-refractivity contribution in [1.82, 2.24) is 4.72 Å². The average molecular weight is 424 g/mol. The minimum Gasteiger partial charge on any atom is -0.224 e. The Morgan fingerprint density at radius 2 is 1.83 bits per heavy atom. The van der Waals surface area contributed by atoms with Crippen LogP contribution >= 0.6 is 15.9 Å². The van der Waals surface area contributed by atoms with Gasteiger partial charge in [0.05, 0.1) is 9.79 Å². The van der Waals surface area contributed by atoms with E-state index in [0.717, 1.165) is 38.4 Å². The van der Waals surface area contributed by atoms with Gasteiger partial charge in [-0.2, -0.15) is 0 Å². The van der Waals surface area contributed by atoms with Crippen molar-refractivity contribution in [3.05, 3.63) is 22.7 Å². The lowest BCUT2D eigenvalue weighted by Crippen LogP contribution is -2.41. The molecule has 0 aliphatic heterocycles. The van der Waals surface area contributed by atoms with E-state index in [0.29, 0.717) is 10.4 Å². The van der Waals surface area contributed by atoms with Crippen LogP contribution in [0, 0.1) is 5.92 Å². The lowest BCUT2D eigenvalue weighted by atomic mass is 9.83. The third-order valence-electron chi connectivity index (χ3n) is 4.36. The summed E-state index contributed by atoms with van der Waals surface area (Å²) in [5, 5.41) is 0. The van der Waals surface area contributed by atoms with E-state index in [9.17, 15) is 16.8 Å². The van der Waals surface area contributed by atoms with Gasteiger partial charge in [-0.1, -0.05) is 26.2 Å². The van der Waals surface area contributed by atoms with Gasteiger partial charge in [0.15, 0.2) is 9.84 Å². The molecule has 0 radical (unpaired) electrons. The molecule has 8 heteroatoms. The molecule has 23 heavy (non-hydrogen) atoms. The summed E-state index contributed by atoms with van der Waals surface area (Å²) in [5.74, 6) is 0.329. The molecular weight excluding hydrogens is 402 g/mol. The topological polar surface area (TPSA) is 80.3 Å². The molecule has 1 aromatic rings. The van der Waals surface area contributed by atoms with Gasteiger partial charge in [-0.15, -0.1) is 0 Å². The van der Waals surface area contributed by atoms with Crippen molar-refractivity contribution in [1.29, 1.82) is 0 Å². The number of nitrogens with one attached hydrogen (secondary N) is 1. The molecule has 130 valence electrons. The van der Waals surface area contributed by atoms with Crippen LogP contribution in [-0.2, 0) is 19.9 Å². The molecule has 1 aliphatic rings. The molecule has 5 nitrogen and oxygen atoms in total. The van der Waals surface area contributed by atoms with Gasteiger partial charge in [0.25, 0.3) is 0 Å². The van der Waals surface area contributed by atoms with E-state index < -0.39 is 19.9 Å². The number of benzene rings is 1. The Morgan fingerprint density at radius 1 is 1.17 bits per heavy atom. The zero-order valence-electron chi connectivity index (χ0n) is 13.2. The average Bonchev–Trinajstić information content (AvgIpc) is 2.46. The van der Waals surface area contributed by atoms with Crippen LogP contribution in [0.2, 0.25) is 0 Å². The molecule has 0 aromatic heterocycles. The summed E-state index contributed by atoms with van der Waals surface area (Å²) >= 11 is 3.22. The molecule has 1 aliphatic carbocycles. The van der Waals surface area contributed by atoms with Crippen molar-refractivity contribution in [3.8, 4) is 0 Å². The van der Waals surface area contributed by atoms with Gasteiger partial charge in [-0.3, -0.25) is 0 Å². The second-order valence-corrected chi connectivity index (χ2v) is 10.6. The van der Waals surface area contributed by atoms with Crippen LogP contribution in [0.5, 0.6) is 0 Å². The highest BCUT2D eigenvalue weighted by Gasteiger charge is 2.29. The highest BCUT2D eigenvalue weighted by Crippen LogP contribution is 2.30. The Balaban J connectivity index is 2.36. The van der Waals surface area contributed by atoms with Crippen molar-refractivity contribution in [2.45, 2.75) is 54.9 Å². The molecule has 1 saturated carbocycles. The summed E-state index contributed by atoms with van der Waals surface area (Å²) in [7, 11) is -7.24. The third-order valence-corrected chi connectivity index (χ3v) is 7.95. The first-order chi connectivity index (χ1) is 10.6. The summed E-state index contributed by atoms with van der Waals surface area (Å²) in [6.07, 6.45) is 5.97. The van der Waals surface area contributed by atoms with Gasteiger partial charge in [-0.05, 0) is 52.9 Å². The monoisotopic (exact) mass is 423 g/mol. The Hall–Kier alpha value is -0.440. The Bertz CT molecular complexity index is 775. The van der Waals surface area contributed by atoms with Crippen molar-refractivity contribution in [2.75, 3.05) is 6.26 Å². The number of sulfone groups is 1. The Labute approximate surface area is 147 Å². The second-order valence-electron chi connectivity index (χ2n) is 6.04. The molecule has 0 bridgehead atoms. The maximum absolute atomic E-state index is 12.7. The zero-order chi connectivity index (χ0) is 17.3. The van der Waals surface area contributed by atoms with E-state index in [4.69, 9.17) is 0 Å². The number of halogens is 1. The van der Waals surface area contributed by atoms with Crippen LogP contribution < -0.4 is 4.72 Å². The van der Waals surface area contributed by atoms with Gasteiger partial charge in [0, 0.05) is 16.8 Å². The van der Waals surface area contributed by atoms with Crippen molar-refractivity contribution < 1.29 is 16.8 Å². The number of rotatable bonds is 5. The first-order valence-electron chi connectivity index (χ1n) is 7.67. The van der Waals surface area contributed by atoms with Crippen molar-refractivity contribution in [2.24, 2.45) is 5.92 Å². The summed E-state index contributed by atoms with van der Waals surface area (Å²) in [4.78, 5) is -0.0300. The van der Waals surface area contributed by atoms with E-state index in [1.165, 1.54) is 18.2 Å². The number of hydrogen-bond acceptors (Lipinski definition) is 4. The summed E-state index contributed by atoms with van der Waals surface area (Å²) in [5.41, 5.74) is 0. The van der Waals surface area contributed by atoms with Gasteiger partial charge in [0.2, 0.25) is 10.0 Å². The van der Waals surface area contributed by atoms with Gasteiger partial charge in [-0.25, -0.2) is 21.6 Å². The van der Waals surface area contributed by atoms with Crippen LogP contribution in [0.25, 0.3) is 0 Å². The minimum atomic E-state index is -3.78. The third kappa shape index (κ3) is 4.55. The molecule has 0 saturated heterocycles. The van der Waals surface area contributed by atoms with Crippen LogP contribution in [-0.4, -0.2) is 29.1 Å². The molecule has 1 fully saturated rings. The standard InChI is InChI=1S/C15H22BrNO4S2/c1-3-11-6-4-5-7-14(11)17-23(20,21)15-10-12(22(2,18)19)8-9-13(15)16/h8-11,14,17H,3-7H2,1-2H3. The van der Waals surface area contributed by atoms with Crippen LogP contribution in [0.4, 0.5) is 0 Å². The number of sulfonamides is 1. The second kappa shape index (κ2) is 7.21. The van der Waals surface area contributed by atoms with E-state index >= 15 is 0 Å². The first kappa shape index (κ1) is 18.9. The predicted octanol–water partition coefficient (Wildman–Crippen LogP) is 3.10. The fourth-order valence-electron chi connectivity index (χ4n) is 3.03. The molecule has 1 aromatic carbocycles. The quantitative estimate of drug-likeness (QED) is 0.788. The lowest BCUT2D eigenvalue weighted by molar-refractivity contribution is 0.282. The van der Waals surface area contributed by atoms with E-state index in [2.05, 4.69) is 27.6 Å². The molecule has 2 rings (SSSR count). The van der Waals surface area contributed by atoms with Crippen LogP contribution in [0.15, 0.2) is 32.5 Å². The zero-order valence-corrected chi connectivity index (χ0v) is 16.5. The SMILES string of the molecule is CCC1CCCCC1NS(=O)(=O)c1cc(S(C)(=O)=O)ccc1Br. The molecule has 0 heterocycles. The lowest BCUT2D eigenvalue weighted by Gasteiger charge is -2.31. The molecule has 1 N–H and O–H groups in total.